The van der Waals surface area contributed by atoms with Gasteiger partial charge in [0.15, 0.2) is 10.3 Å². The van der Waals surface area contributed by atoms with Gasteiger partial charge in [-0.1, -0.05) is 11.8 Å². The molecule has 0 radical (unpaired) electrons. The lowest BCUT2D eigenvalue weighted by molar-refractivity contribution is 0.460. The van der Waals surface area contributed by atoms with Gasteiger partial charge in [-0.15, -0.1) is 0 Å². The summed E-state index contributed by atoms with van der Waals surface area (Å²) in [6.45, 7) is 1.98. The maximum absolute atomic E-state index is 11.8. The van der Waals surface area contributed by atoms with E-state index < -0.39 is 0 Å². The molecule has 2 rings (SSSR count). The zero-order valence-corrected chi connectivity index (χ0v) is 11.0. The molecule has 0 saturated carbocycles. The van der Waals surface area contributed by atoms with Gasteiger partial charge >= 0.3 is 0 Å². The molecule has 1 aromatic rings. The van der Waals surface area contributed by atoms with Crippen LogP contribution < -0.4 is 16.6 Å². The average molecular weight is 271 g/mol. The minimum atomic E-state index is -0.198. The van der Waals surface area contributed by atoms with Crippen molar-refractivity contribution in [1.82, 2.24) is 20.2 Å². The van der Waals surface area contributed by atoms with E-state index in [-0.39, 0.29) is 11.4 Å². The first-order valence-corrected chi connectivity index (χ1v) is 6.70. The Morgan fingerprint density at radius 1 is 1.65 bits per heavy atom. The molecule has 1 aromatic heterocycles. The lowest BCUT2D eigenvalue weighted by Crippen LogP contribution is -2.31. The molecule has 4 N–H and O–H groups in total. The SMILES string of the molecule is CSc1nc(N)c(CN2CCNC2=S)c(=O)[nH]1. The van der Waals surface area contributed by atoms with Crippen molar-refractivity contribution in [3.63, 3.8) is 0 Å². The number of nitrogens with one attached hydrogen (secondary N) is 2. The van der Waals surface area contributed by atoms with Crippen molar-refractivity contribution in [2.75, 3.05) is 25.1 Å². The van der Waals surface area contributed by atoms with Crippen molar-refractivity contribution in [2.45, 2.75) is 11.7 Å². The molecule has 1 saturated heterocycles. The topological polar surface area (TPSA) is 87.0 Å². The van der Waals surface area contributed by atoms with E-state index >= 15 is 0 Å². The second-order valence-electron chi connectivity index (χ2n) is 3.59. The normalized spacial score (nSPS) is 15.1. The third kappa shape index (κ3) is 2.52. The lowest BCUT2D eigenvalue weighted by Gasteiger charge is -2.16. The Hall–Kier alpha value is -1.28. The molecule has 0 aromatic carbocycles. The molecule has 2 heterocycles. The number of thiocarbonyl (C=S) groups is 1. The molecule has 0 spiro atoms. The molecule has 8 heteroatoms. The zero-order valence-electron chi connectivity index (χ0n) is 9.32. The fourth-order valence-electron chi connectivity index (χ4n) is 1.60. The standard InChI is InChI=1S/C9H13N5OS2/c1-17-8-12-6(10)5(7(15)13-8)4-14-3-2-11-9(14)16/h2-4H2,1H3,(H,11,16)(H3,10,12,13,15). The summed E-state index contributed by atoms with van der Waals surface area (Å²) in [5, 5.41) is 4.21. The highest BCUT2D eigenvalue weighted by molar-refractivity contribution is 7.98. The van der Waals surface area contributed by atoms with E-state index in [1.807, 2.05) is 11.2 Å². The first-order chi connectivity index (χ1) is 8.11. The molecular formula is C9H13N5OS2. The highest BCUT2D eigenvalue weighted by Gasteiger charge is 2.19. The largest absolute Gasteiger partial charge is 0.383 e. The van der Waals surface area contributed by atoms with Crippen LogP contribution in [0.1, 0.15) is 5.56 Å². The van der Waals surface area contributed by atoms with Crippen molar-refractivity contribution in [3.05, 3.63) is 15.9 Å². The Morgan fingerprint density at radius 2 is 2.41 bits per heavy atom. The number of hydrogen-bond acceptors (Lipinski definition) is 5. The van der Waals surface area contributed by atoms with Gasteiger partial charge in [0, 0.05) is 13.1 Å². The van der Waals surface area contributed by atoms with E-state index in [1.54, 1.807) is 0 Å². The maximum Gasteiger partial charge on any atom is 0.258 e. The zero-order chi connectivity index (χ0) is 12.4. The van der Waals surface area contributed by atoms with Crippen LogP contribution in [-0.4, -0.2) is 39.3 Å². The second kappa shape index (κ2) is 4.92. The van der Waals surface area contributed by atoms with Gasteiger partial charge in [0.25, 0.3) is 5.56 Å². The van der Waals surface area contributed by atoms with Gasteiger partial charge in [-0.2, -0.15) is 0 Å². The van der Waals surface area contributed by atoms with Crippen molar-refractivity contribution < 1.29 is 0 Å². The number of rotatable bonds is 3. The number of aromatic nitrogens is 2. The Bertz CT molecular complexity index is 501. The number of aromatic amines is 1. The minimum Gasteiger partial charge on any atom is -0.383 e. The minimum absolute atomic E-state index is 0.198. The van der Waals surface area contributed by atoms with Crippen molar-refractivity contribution in [3.8, 4) is 0 Å². The van der Waals surface area contributed by atoms with Crippen LogP contribution in [0.15, 0.2) is 9.95 Å². The Balaban J connectivity index is 2.27. The summed E-state index contributed by atoms with van der Waals surface area (Å²) in [6.07, 6.45) is 1.83. The molecule has 0 amide bonds. The highest BCUT2D eigenvalue weighted by Crippen LogP contribution is 2.13. The fourth-order valence-corrected chi connectivity index (χ4v) is 2.24. The van der Waals surface area contributed by atoms with E-state index in [9.17, 15) is 4.79 Å². The average Bonchev–Trinajstić information content (AvgIpc) is 2.69. The summed E-state index contributed by atoms with van der Waals surface area (Å²) in [5.74, 6) is 0.271. The molecule has 0 unspecified atom stereocenters. The van der Waals surface area contributed by atoms with Crippen LogP contribution in [0.5, 0.6) is 0 Å². The van der Waals surface area contributed by atoms with Gasteiger partial charge in [-0.3, -0.25) is 4.79 Å². The molecule has 17 heavy (non-hydrogen) atoms. The summed E-state index contributed by atoms with van der Waals surface area (Å²) in [7, 11) is 0. The highest BCUT2D eigenvalue weighted by atomic mass is 32.2. The van der Waals surface area contributed by atoms with Crippen LogP contribution in [-0.2, 0) is 6.54 Å². The summed E-state index contributed by atoms with van der Waals surface area (Å²) >= 11 is 6.46. The second-order valence-corrected chi connectivity index (χ2v) is 4.77. The van der Waals surface area contributed by atoms with Crippen LogP contribution in [0.25, 0.3) is 0 Å². The molecular weight excluding hydrogens is 258 g/mol. The van der Waals surface area contributed by atoms with Crippen molar-refractivity contribution in [2.24, 2.45) is 0 Å². The summed E-state index contributed by atoms with van der Waals surface area (Å²) in [4.78, 5) is 20.5. The number of nitrogens with two attached hydrogens (primary N) is 1. The Morgan fingerprint density at radius 3 is 2.94 bits per heavy atom. The molecule has 92 valence electrons. The fraction of sp³-hybridized carbons (Fsp3) is 0.444. The van der Waals surface area contributed by atoms with Crippen LogP contribution >= 0.6 is 24.0 Å². The Labute approximate surface area is 108 Å². The third-order valence-corrected chi connectivity index (χ3v) is 3.50. The monoisotopic (exact) mass is 271 g/mol. The van der Waals surface area contributed by atoms with Crippen molar-refractivity contribution in [1.29, 1.82) is 0 Å². The molecule has 0 bridgehead atoms. The smallest absolute Gasteiger partial charge is 0.258 e. The van der Waals surface area contributed by atoms with Crippen LogP contribution in [0, 0.1) is 0 Å². The quantitative estimate of drug-likeness (QED) is 0.397. The number of thioether (sulfide) groups is 1. The van der Waals surface area contributed by atoms with Gasteiger partial charge in [0.1, 0.15) is 5.82 Å². The predicted molar refractivity (Wildman–Crippen MR) is 72.1 cm³/mol. The summed E-state index contributed by atoms with van der Waals surface area (Å²) in [5.41, 5.74) is 6.06. The first kappa shape index (κ1) is 12.2. The van der Waals surface area contributed by atoms with E-state index in [0.717, 1.165) is 13.1 Å². The van der Waals surface area contributed by atoms with Crippen LogP contribution in [0.3, 0.4) is 0 Å². The van der Waals surface area contributed by atoms with Gasteiger partial charge in [0.05, 0.1) is 12.1 Å². The third-order valence-electron chi connectivity index (χ3n) is 2.51. The summed E-state index contributed by atoms with van der Waals surface area (Å²) in [6, 6.07) is 0. The molecule has 6 nitrogen and oxygen atoms in total. The van der Waals surface area contributed by atoms with E-state index in [1.165, 1.54) is 11.8 Å². The number of anilines is 1. The number of nitrogen functional groups attached to an aromatic ring is 1. The number of nitrogens with zero attached hydrogens (tertiary/aromatic N) is 2. The Kier molecular flexibility index (Phi) is 3.53. The van der Waals surface area contributed by atoms with E-state index in [0.29, 0.717) is 22.4 Å². The first-order valence-electron chi connectivity index (χ1n) is 5.07. The maximum atomic E-state index is 11.8. The molecule has 0 atom stereocenters. The van der Waals surface area contributed by atoms with Gasteiger partial charge in [-0.05, 0) is 18.5 Å². The summed E-state index contributed by atoms with van der Waals surface area (Å²) < 4.78 is 0. The molecule has 1 fully saturated rings. The van der Waals surface area contributed by atoms with E-state index in [2.05, 4.69) is 15.3 Å². The van der Waals surface area contributed by atoms with Crippen molar-refractivity contribution >= 4 is 34.9 Å². The predicted octanol–water partition coefficient (Wildman–Crippen LogP) is -0.236. The lowest BCUT2D eigenvalue weighted by atomic mass is 10.3. The number of hydrogen-bond donors (Lipinski definition) is 3. The van der Waals surface area contributed by atoms with Gasteiger partial charge in [0.2, 0.25) is 0 Å². The molecule has 0 aliphatic carbocycles. The van der Waals surface area contributed by atoms with Gasteiger partial charge in [-0.25, -0.2) is 4.98 Å². The number of H-pyrrole nitrogens is 1. The molecule has 1 aliphatic rings. The van der Waals surface area contributed by atoms with E-state index in [4.69, 9.17) is 18.0 Å². The molecule has 1 aliphatic heterocycles. The van der Waals surface area contributed by atoms with Gasteiger partial charge < -0.3 is 20.9 Å². The van der Waals surface area contributed by atoms with Crippen LogP contribution in [0.2, 0.25) is 0 Å². The van der Waals surface area contributed by atoms with Crippen LogP contribution in [0.4, 0.5) is 5.82 Å².